The maximum absolute atomic E-state index is 12.6. The zero-order chi connectivity index (χ0) is 31.9. The van der Waals surface area contributed by atoms with E-state index in [1.165, 1.54) is 11.8 Å². The maximum Gasteiger partial charge on any atom is 0.303 e. The summed E-state index contributed by atoms with van der Waals surface area (Å²) < 4.78 is 0. The summed E-state index contributed by atoms with van der Waals surface area (Å²) in [6.07, 6.45) is 6.76. The minimum atomic E-state index is -0.904. The first-order chi connectivity index (χ1) is 20.9. The van der Waals surface area contributed by atoms with Crippen LogP contribution in [0.3, 0.4) is 0 Å². The van der Waals surface area contributed by atoms with E-state index in [-0.39, 0.29) is 42.5 Å². The van der Waals surface area contributed by atoms with Gasteiger partial charge >= 0.3 is 11.9 Å². The lowest BCUT2D eigenvalue weighted by Gasteiger charge is -2.17. The molecule has 3 aliphatic heterocycles. The summed E-state index contributed by atoms with van der Waals surface area (Å²) in [6.45, 7) is 9.63. The van der Waals surface area contributed by atoms with Crippen molar-refractivity contribution >= 4 is 47.7 Å². The van der Waals surface area contributed by atoms with Gasteiger partial charge in [-0.1, -0.05) is 13.0 Å². The number of hydrogen-bond donors (Lipinski definition) is 6. The molecule has 0 radical (unpaired) electrons. The van der Waals surface area contributed by atoms with Crippen molar-refractivity contribution in [1.82, 2.24) is 20.6 Å². The van der Waals surface area contributed by atoms with E-state index in [9.17, 15) is 29.4 Å². The minimum absolute atomic E-state index is 0.00952. The van der Waals surface area contributed by atoms with Gasteiger partial charge in [0.1, 0.15) is 0 Å². The smallest absolute Gasteiger partial charge is 0.303 e. The Balaban J connectivity index is 1.60. The van der Waals surface area contributed by atoms with E-state index < -0.39 is 11.9 Å². The molecule has 0 spiro atoms. The fraction of sp³-hybridized carbons (Fsp3) is 0.455. The first-order valence-electron chi connectivity index (χ1n) is 15.1. The van der Waals surface area contributed by atoms with Crippen molar-refractivity contribution in [3.63, 3.8) is 0 Å². The molecule has 0 aliphatic carbocycles. The van der Waals surface area contributed by atoms with E-state index in [0.29, 0.717) is 35.8 Å². The van der Waals surface area contributed by atoms with Gasteiger partial charge in [0.15, 0.2) is 11.0 Å². The van der Waals surface area contributed by atoms with Crippen LogP contribution >= 0.6 is 0 Å². The number of thiol groups is 1. The predicted molar refractivity (Wildman–Crippen MR) is 171 cm³/mol. The number of carboxylic acid groups (broad SMARTS) is 2. The molecule has 0 bridgehead atoms. The highest BCUT2D eigenvalue weighted by molar-refractivity contribution is 7.86. The number of carbonyl (C=O) groups is 4. The van der Waals surface area contributed by atoms with Gasteiger partial charge in [0.05, 0.1) is 0 Å². The molecule has 5 rings (SSSR count). The lowest BCUT2D eigenvalue weighted by molar-refractivity contribution is -0.138. The Labute approximate surface area is 260 Å². The Morgan fingerprint density at radius 3 is 2.20 bits per heavy atom. The Morgan fingerprint density at radius 2 is 1.61 bits per heavy atom. The van der Waals surface area contributed by atoms with Gasteiger partial charge in [-0.05, 0) is 92.3 Å². The topological polar surface area (TPSA) is 164 Å². The van der Waals surface area contributed by atoms with Crippen LogP contribution < -0.4 is 21.3 Å². The Hall–Kier alpha value is -3.99. The quantitative estimate of drug-likeness (QED) is 0.0962. The molecule has 3 aliphatic rings. The van der Waals surface area contributed by atoms with Gasteiger partial charge < -0.3 is 30.8 Å². The van der Waals surface area contributed by atoms with Gasteiger partial charge in [0.2, 0.25) is 5.91 Å². The lowest BCUT2D eigenvalue weighted by atomic mass is 9.86. The molecule has 0 aromatic carbocycles. The number of rotatable bonds is 11. The number of carboxylic acids is 2. The summed E-state index contributed by atoms with van der Waals surface area (Å²) >= 11 is 1.39. The van der Waals surface area contributed by atoms with Crippen LogP contribution in [0.15, 0.2) is 22.9 Å². The molecule has 2 saturated heterocycles. The van der Waals surface area contributed by atoms with Crippen LogP contribution in [0.4, 0.5) is 0 Å². The molecule has 11 heteroatoms. The fourth-order valence-corrected chi connectivity index (χ4v) is 7.80. The van der Waals surface area contributed by atoms with Crippen molar-refractivity contribution in [2.24, 2.45) is 11.8 Å². The van der Waals surface area contributed by atoms with E-state index in [4.69, 9.17) is 0 Å². The lowest BCUT2D eigenvalue weighted by Crippen LogP contribution is -2.33. The second kappa shape index (κ2) is 12.6. The fourth-order valence-electron chi connectivity index (χ4n) is 6.72. The first-order valence-corrected chi connectivity index (χ1v) is 16.2. The molecular weight excluding hydrogens is 580 g/mol. The monoisotopic (exact) mass is 621 g/mol. The minimum Gasteiger partial charge on any atom is -0.481 e. The van der Waals surface area contributed by atoms with E-state index in [1.807, 2.05) is 46.8 Å². The summed E-state index contributed by atoms with van der Waals surface area (Å²) in [5.41, 5.74) is 7.46. The van der Waals surface area contributed by atoms with E-state index in [0.717, 1.165) is 55.7 Å². The molecule has 10 nitrogen and oxygen atoms in total. The molecule has 4 atom stereocenters. The molecule has 44 heavy (non-hydrogen) atoms. The number of H-pyrrole nitrogens is 2. The van der Waals surface area contributed by atoms with Crippen LogP contribution in [0.5, 0.6) is 0 Å². The van der Waals surface area contributed by atoms with Gasteiger partial charge in [-0.15, -0.1) is 0 Å². The molecule has 2 amide bonds. The number of aliphatic carboxylic acids is 2. The number of allylic oxidation sites excluding steroid dienone is 2. The summed E-state index contributed by atoms with van der Waals surface area (Å²) in [6, 6.07) is 0.00952. The summed E-state index contributed by atoms with van der Waals surface area (Å²) in [4.78, 5) is 55.1. The van der Waals surface area contributed by atoms with Crippen LogP contribution in [0.1, 0.15) is 67.3 Å². The Morgan fingerprint density at radius 1 is 0.955 bits per heavy atom. The zero-order valence-electron chi connectivity index (χ0n) is 25.8. The molecule has 2 aromatic heterocycles. The van der Waals surface area contributed by atoms with Gasteiger partial charge in [-0.25, -0.2) is 0 Å². The van der Waals surface area contributed by atoms with Crippen molar-refractivity contribution in [2.75, 3.05) is 5.75 Å². The average molecular weight is 622 g/mol. The van der Waals surface area contributed by atoms with Crippen molar-refractivity contribution in [2.45, 2.75) is 78.0 Å². The standard InChI is InChI=1S/C33H40N4O6S/c1-6-19-15(2)24(36-33(19)43)11-22-16(3)20(7-9-29(38)39)25(34-22)13-26-21(8-10-30(40)41)17(4)23(35-26)12-27-31(28-14-44-28)18(5)32(42)37-27/h6,11,13,18,27-28,31,34-35H,7-10,12,14H2,1-5H3,(H,36,43)(H,37,42)(H,38,39)(H,40,41)/p+1/b19-6+,22-11+,25-13-/t18-,27?,28-,31-/m1/s1. The molecule has 5 heterocycles. The van der Waals surface area contributed by atoms with Crippen LogP contribution in [0.2, 0.25) is 0 Å². The number of amides is 2. The summed E-state index contributed by atoms with van der Waals surface area (Å²) in [7, 11) is 0. The average Bonchev–Trinajstić information content (AvgIpc) is 3.53. The Kier molecular flexibility index (Phi) is 8.97. The largest absolute Gasteiger partial charge is 0.481 e. The molecule has 2 fully saturated rings. The van der Waals surface area contributed by atoms with Gasteiger partial charge in [-0.2, -0.15) is 0 Å². The van der Waals surface area contributed by atoms with Gasteiger partial charge in [0, 0.05) is 70.5 Å². The summed E-state index contributed by atoms with van der Waals surface area (Å²) in [5, 5.41) is 27.1. The molecule has 234 valence electrons. The highest BCUT2D eigenvalue weighted by Gasteiger charge is 2.54. The number of aromatic nitrogens is 2. The highest BCUT2D eigenvalue weighted by atomic mass is 32.2. The number of carbonyl (C=O) groups excluding carboxylic acids is 2. The number of aromatic amines is 2. The van der Waals surface area contributed by atoms with Crippen molar-refractivity contribution in [3.8, 4) is 0 Å². The number of hydrogen-bond acceptors (Lipinski definition) is 4. The SMILES string of the molecule is C/C=C1/C(=O)NC(/C=c2/[nH]/c(=C\c3[nH]c(CC4NC(=O)[C@H](C)[C@H]4[C@H]4C[SH+]4)c(C)c3CCC(=O)O)c(CCC(=O)O)c2C)=C1C. The first kappa shape index (κ1) is 31.4. The third-order valence-corrected chi connectivity index (χ3v) is 10.5. The van der Waals surface area contributed by atoms with Crippen LogP contribution in [0, 0.1) is 25.7 Å². The maximum atomic E-state index is 12.6. The second-order valence-corrected chi connectivity index (χ2v) is 13.5. The van der Waals surface area contributed by atoms with Crippen LogP contribution in [-0.2, 0) is 50.2 Å². The van der Waals surface area contributed by atoms with E-state index in [2.05, 4.69) is 20.6 Å². The molecule has 0 saturated carbocycles. The third kappa shape index (κ3) is 6.29. The molecular formula is C33H41N4O6S+. The van der Waals surface area contributed by atoms with Crippen LogP contribution in [0.25, 0.3) is 12.2 Å². The van der Waals surface area contributed by atoms with Crippen LogP contribution in [-0.4, -0.2) is 61.0 Å². The van der Waals surface area contributed by atoms with E-state index in [1.54, 1.807) is 6.08 Å². The predicted octanol–water partition coefficient (Wildman–Crippen LogP) is 1.44. The molecule has 2 aromatic rings. The zero-order valence-corrected chi connectivity index (χ0v) is 26.7. The third-order valence-electron chi connectivity index (χ3n) is 9.36. The molecule has 1 unspecified atom stereocenters. The van der Waals surface area contributed by atoms with E-state index >= 15 is 0 Å². The molecule has 6 N–H and O–H groups in total. The normalized spacial score (nSPS) is 24.9. The van der Waals surface area contributed by atoms with Crippen molar-refractivity contribution in [1.29, 1.82) is 0 Å². The summed E-state index contributed by atoms with van der Waals surface area (Å²) in [5.74, 6) is -0.512. The van der Waals surface area contributed by atoms with Gasteiger partial charge in [-0.3, -0.25) is 19.2 Å². The number of nitrogens with one attached hydrogen (secondary N) is 4. The van der Waals surface area contributed by atoms with Gasteiger partial charge in [0.25, 0.3) is 5.91 Å². The highest BCUT2D eigenvalue weighted by Crippen LogP contribution is 2.37. The second-order valence-electron chi connectivity index (χ2n) is 12.1. The van der Waals surface area contributed by atoms with Crippen molar-refractivity contribution < 1.29 is 29.4 Å². The van der Waals surface area contributed by atoms with Crippen molar-refractivity contribution in [3.05, 3.63) is 67.3 Å². The Bertz CT molecular complexity index is 1720.